The number of nitrogens with one attached hydrogen (secondary N) is 1. The molecule has 1 aromatic heterocycles. The van der Waals surface area contributed by atoms with Crippen molar-refractivity contribution in [2.24, 2.45) is 0 Å². The molecule has 7 rings (SSSR count). The molecule has 52 heavy (non-hydrogen) atoms. The third-order valence-electron chi connectivity index (χ3n) is 8.72. The van der Waals surface area contributed by atoms with Crippen molar-refractivity contribution in [3.05, 3.63) is 125 Å². The third kappa shape index (κ3) is 7.67. The highest BCUT2D eigenvalue weighted by Gasteiger charge is 2.38. The van der Waals surface area contributed by atoms with E-state index in [1.54, 1.807) is 51.7 Å². The van der Waals surface area contributed by atoms with Crippen LogP contribution in [-0.4, -0.2) is 67.1 Å². The number of halogens is 8. The Kier molecular flexibility index (Phi) is 11.3. The summed E-state index contributed by atoms with van der Waals surface area (Å²) in [5.41, 5.74) is 5.96. The van der Waals surface area contributed by atoms with E-state index in [1.807, 2.05) is 16.0 Å². The van der Waals surface area contributed by atoms with Crippen molar-refractivity contribution >= 4 is 105 Å². The van der Waals surface area contributed by atoms with Gasteiger partial charge in [0.15, 0.2) is 10.9 Å². The fourth-order valence-electron chi connectivity index (χ4n) is 6.09. The maximum atomic E-state index is 14.1. The van der Waals surface area contributed by atoms with Crippen LogP contribution in [-0.2, 0) is 6.67 Å². The second-order valence-electron chi connectivity index (χ2n) is 12.1. The number of rotatable bonds is 8. The van der Waals surface area contributed by atoms with Gasteiger partial charge in [0.1, 0.15) is 17.8 Å². The predicted octanol–water partition coefficient (Wildman–Crippen LogP) is 10.1. The van der Waals surface area contributed by atoms with Crippen molar-refractivity contribution in [3.8, 4) is 17.1 Å². The van der Waals surface area contributed by atoms with Crippen LogP contribution in [0.25, 0.3) is 17.1 Å². The number of nitrogens with zero attached hydrogens (tertiary/aromatic N) is 7. The molecule has 0 unspecified atom stereocenters. The lowest BCUT2D eigenvalue weighted by Gasteiger charge is -2.36. The van der Waals surface area contributed by atoms with Gasteiger partial charge in [0, 0.05) is 58.1 Å². The van der Waals surface area contributed by atoms with Gasteiger partial charge in [-0.05, 0) is 91.2 Å². The second-order valence-corrected chi connectivity index (χ2v) is 15.3. The van der Waals surface area contributed by atoms with Crippen LogP contribution in [0.2, 0.25) is 30.1 Å². The van der Waals surface area contributed by atoms with Gasteiger partial charge in [-0.25, -0.2) is 18.9 Å². The highest BCUT2D eigenvalue weighted by molar-refractivity contribution is 7.80. The molecule has 2 aliphatic heterocycles. The summed E-state index contributed by atoms with van der Waals surface area (Å²) in [6.45, 7) is 3.64. The molecule has 2 saturated heterocycles. The van der Waals surface area contributed by atoms with E-state index in [9.17, 15) is 8.78 Å². The lowest BCUT2D eigenvalue weighted by atomic mass is 10.1. The largest absolute Gasteiger partial charge is 0.296 e. The van der Waals surface area contributed by atoms with Gasteiger partial charge in [0.2, 0.25) is 4.77 Å². The third-order valence-corrected chi connectivity index (χ3v) is 11.2. The van der Waals surface area contributed by atoms with E-state index in [4.69, 9.17) is 99.1 Å². The Morgan fingerprint density at radius 3 is 1.87 bits per heavy atom. The van der Waals surface area contributed by atoms with Gasteiger partial charge in [0.25, 0.3) is 0 Å². The zero-order valence-corrected chi connectivity index (χ0v) is 32.9. The number of hydrogen-bond donors (Lipinski definition) is 1. The molecule has 0 radical (unpaired) electrons. The number of aromatic nitrogens is 3. The average Bonchev–Trinajstić information content (AvgIpc) is 3.59. The topological polar surface area (TPSA) is 47.7 Å². The average molecular weight is 861 g/mol. The molecular formula is C34H26Cl6F2N8S2. The van der Waals surface area contributed by atoms with E-state index in [0.29, 0.717) is 92.3 Å². The minimum atomic E-state index is -0.546. The van der Waals surface area contributed by atoms with Crippen molar-refractivity contribution < 1.29 is 8.78 Å². The van der Waals surface area contributed by atoms with Crippen LogP contribution in [0.5, 0.6) is 0 Å². The first-order valence-electron chi connectivity index (χ1n) is 15.7. The minimum absolute atomic E-state index is 0.0226. The summed E-state index contributed by atoms with van der Waals surface area (Å²) < 4.78 is 32.1. The molecule has 0 spiro atoms. The van der Waals surface area contributed by atoms with Gasteiger partial charge in [-0.2, -0.15) is 0 Å². The van der Waals surface area contributed by atoms with E-state index in [0.717, 1.165) is 5.56 Å². The number of anilines is 1. The van der Waals surface area contributed by atoms with Crippen LogP contribution < -0.4 is 10.3 Å². The molecule has 1 N–H and O–H groups in total. The molecule has 8 nitrogen and oxygen atoms in total. The number of benzene rings is 4. The van der Waals surface area contributed by atoms with Gasteiger partial charge >= 0.3 is 0 Å². The molecule has 4 aromatic carbocycles. The lowest BCUT2D eigenvalue weighted by Crippen LogP contribution is -2.52. The van der Waals surface area contributed by atoms with Crippen molar-refractivity contribution in [1.29, 1.82) is 0 Å². The first-order chi connectivity index (χ1) is 24.9. The van der Waals surface area contributed by atoms with E-state index >= 15 is 0 Å². The monoisotopic (exact) mass is 858 g/mol. The molecular weight excluding hydrogens is 835 g/mol. The SMILES string of the molecule is Fc1ccc(N2C(=S)N(CN3CCN(Cn4nc(-c5ccc(Cl)cc5Cl)n(-c5ccc(F)c(Cl)c5)c4=S)CC3)N[C@@H]2c2ccc(Cl)cc2Cl)cc1Cl. The molecule has 1 atom stereocenters. The highest BCUT2D eigenvalue weighted by atomic mass is 35.5. The summed E-state index contributed by atoms with van der Waals surface area (Å²) in [6, 6.07) is 19.2. The van der Waals surface area contributed by atoms with E-state index in [2.05, 4.69) is 15.2 Å². The smallest absolute Gasteiger partial charge is 0.204 e. The standard InChI is InChI=1S/C34H26Cl6F2N8S2/c35-19-1-5-23(25(37)13-19)31-43-47(33(51)49(31)21-3-7-29(41)27(39)15-21)17-45-9-11-46(12-10-45)18-48-34(52)50(22-4-8-30(42)28(40)16-22)32(44-48)24-6-2-20(36)14-26(24)38/h1-8,13-16,31,43H,9-12,17-18H2/t31-/m0/s1. The quantitative estimate of drug-likeness (QED) is 0.155. The Morgan fingerprint density at radius 1 is 0.673 bits per heavy atom. The molecule has 0 amide bonds. The summed E-state index contributed by atoms with van der Waals surface area (Å²) in [7, 11) is 0. The van der Waals surface area contributed by atoms with Gasteiger partial charge in [-0.15, -0.1) is 5.10 Å². The molecule has 0 saturated carbocycles. The first-order valence-corrected chi connectivity index (χ1v) is 18.8. The maximum Gasteiger partial charge on any atom is 0.204 e. The van der Waals surface area contributed by atoms with Crippen LogP contribution in [0.1, 0.15) is 11.7 Å². The van der Waals surface area contributed by atoms with Gasteiger partial charge in [-0.3, -0.25) is 24.3 Å². The summed E-state index contributed by atoms with van der Waals surface area (Å²) >= 11 is 49.8. The Labute approximate surface area is 338 Å². The van der Waals surface area contributed by atoms with Crippen LogP contribution in [0.4, 0.5) is 14.5 Å². The zero-order valence-electron chi connectivity index (χ0n) is 26.7. The first kappa shape index (κ1) is 37.7. The molecule has 0 aliphatic carbocycles. The molecule has 0 bridgehead atoms. The fourth-order valence-corrected chi connectivity index (χ4v) is 8.06. The summed E-state index contributed by atoms with van der Waals surface area (Å²) in [5, 5.41) is 8.94. The summed E-state index contributed by atoms with van der Waals surface area (Å²) in [6.07, 6.45) is -0.503. The molecule has 270 valence electrons. The Bertz CT molecular complexity index is 2250. The van der Waals surface area contributed by atoms with Crippen LogP contribution in [0.15, 0.2) is 72.8 Å². The number of piperazine rings is 1. The molecule has 18 heteroatoms. The van der Waals surface area contributed by atoms with Crippen LogP contribution in [0.3, 0.4) is 0 Å². The van der Waals surface area contributed by atoms with Gasteiger partial charge in [-0.1, -0.05) is 75.7 Å². The Hall–Kier alpha value is -2.59. The van der Waals surface area contributed by atoms with Crippen molar-refractivity contribution in [2.75, 3.05) is 37.7 Å². The summed E-state index contributed by atoms with van der Waals surface area (Å²) in [4.78, 5) is 6.34. The van der Waals surface area contributed by atoms with Crippen molar-refractivity contribution in [1.82, 2.24) is 34.6 Å². The number of hydrogen-bond acceptors (Lipinski definition) is 6. The Morgan fingerprint density at radius 2 is 1.25 bits per heavy atom. The van der Waals surface area contributed by atoms with Crippen molar-refractivity contribution in [3.63, 3.8) is 0 Å². The lowest BCUT2D eigenvalue weighted by molar-refractivity contribution is 0.0680. The van der Waals surface area contributed by atoms with Gasteiger partial charge < -0.3 is 0 Å². The Balaban J connectivity index is 1.09. The van der Waals surface area contributed by atoms with Crippen LogP contribution in [0, 0.1) is 16.4 Å². The van der Waals surface area contributed by atoms with Crippen LogP contribution >= 0.6 is 94.0 Å². The van der Waals surface area contributed by atoms with E-state index in [1.165, 1.54) is 24.3 Å². The normalized spacial score (nSPS) is 17.1. The van der Waals surface area contributed by atoms with Crippen molar-refractivity contribution in [2.45, 2.75) is 12.8 Å². The minimum Gasteiger partial charge on any atom is -0.296 e. The zero-order chi connectivity index (χ0) is 36.8. The van der Waals surface area contributed by atoms with E-state index in [-0.39, 0.29) is 10.0 Å². The summed E-state index contributed by atoms with van der Waals surface area (Å²) in [5.74, 6) is -0.615. The highest BCUT2D eigenvalue weighted by Crippen LogP contribution is 2.37. The van der Waals surface area contributed by atoms with Gasteiger partial charge in [0.05, 0.1) is 34.1 Å². The number of hydrazine groups is 1. The van der Waals surface area contributed by atoms with E-state index < -0.39 is 17.8 Å². The molecule has 5 aromatic rings. The predicted molar refractivity (Wildman–Crippen MR) is 211 cm³/mol. The molecule has 2 fully saturated rings. The fraction of sp³-hybridized carbons (Fsp3) is 0.206. The molecule has 3 heterocycles. The molecule has 2 aliphatic rings. The maximum absolute atomic E-state index is 14.1. The second kappa shape index (κ2) is 15.6. The number of thiocarbonyl (C=S) groups is 1.